The van der Waals surface area contributed by atoms with E-state index >= 15 is 0 Å². The molecular weight excluding hydrogens is 276 g/mol. The molecule has 0 bridgehead atoms. The third-order valence-electron chi connectivity index (χ3n) is 4.31. The first-order chi connectivity index (χ1) is 10.7. The first-order valence-electron chi connectivity index (χ1n) is 8.00. The van der Waals surface area contributed by atoms with Crippen LogP contribution in [0.25, 0.3) is 0 Å². The van der Waals surface area contributed by atoms with E-state index in [1.807, 2.05) is 41.3 Å². The van der Waals surface area contributed by atoms with E-state index in [1.165, 1.54) is 0 Å². The van der Waals surface area contributed by atoms with Crippen LogP contribution in [0.5, 0.6) is 0 Å². The number of nitrogens with zero attached hydrogens (tertiary/aromatic N) is 2. The molecule has 1 heterocycles. The van der Waals surface area contributed by atoms with Crippen molar-refractivity contribution >= 4 is 5.91 Å². The lowest BCUT2D eigenvalue weighted by Crippen LogP contribution is -2.38. The van der Waals surface area contributed by atoms with Crippen LogP contribution in [0, 0.1) is 0 Å². The molecule has 2 aromatic rings. The van der Waals surface area contributed by atoms with Crippen LogP contribution < -0.4 is 0 Å². The minimum absolute atomic E-state index is 0.0474. The molecule has 4 heteroatoms. The lowest BCUT2D eigenvalue weighted by molar-refractivity contribution is 0.0661. The SMILES string of the molecule is CCC(C)N(Cc1ccccc1)C(=O)c1cc(C2CC2)on1. The Kier molecular flexibility index (Phi) is 4.27. The number of carbonyl (C=O) groups excluding carboxylic acids is 1. The lowest BCUT2D eigenvalue weighted by atomic mass is 10.1. The normalized spacial score (nSPS) is 15.5. The Balaban J connectivity index is 1.79. The summed E-state index contributed by atoms with van der Waals surface area (Å²) in [5.74, 6) is 1.28. The predicted octanol–water partition coefficient (Wildman–Crippen LogP) is 3.99. The summed E-state index contributed by atoms with van der Waals surface area (Å²) in [5.41, 5.74) is 1.56. The molecule has 0 spiro atoms. The molecule has 1 unspecified atom stereocenters. The number of amides is 1. The fourth-order valence-electron chi connectivity index (χ4n) is 2.53. The molecule has 1 fully saturated rings. The highest BCUT2D eigenvalue weighted by Crippen LogP contribution is 2.40. The Labute approximate surface area is 131 Å². The van der Waals surface area contributed by atoms with Gasteiger partial charge in [-0.05, 0) is 31.7 Å². The molecule has 0 radical (unpaired) electrons. The van der Waals surface area contributed by atoms with E-state index in [4.69, 9.17) is 4.52 Å². The molecule has 4 nitrogen and oxygen atoms in total. The van der Waals surface area contributed by atoms with Crippen molar-refractivity contribution in [1.29, 1.82) is 0 Å². The van der Waals surface area contributed by atoms with Gasteiger partial charge in [-0.1, -0.05) is 42.4 Å². The maximum atomic E-state index is 12.8. The second-order valence-corrected chi connectivity index (χ2v) is 6.06. The molecule has 1 aliphatic carbocycles. The highest BCUT2D eigenvalue weighted by atomic mass is 16.5. The van der Waals surface area contributed by atoms with E-state index in [2.05, 4.69) is 19.0 Å². The molecule has 1 atom stereocenters. The topological polar surface area (TPSA) is 46.3 Å². The van der Waals surface area contributed by atoms with Crippen LogP contribution in [-0.2, 0) is 6.54 Å². The van der Waals surface area contributed by atoms with E-state index in [9.17, 15) is 4.79 Å². The Hall–Kier alpha value is -2.10. The van der Waals surface area contributed by atoms with Gasteiger partial charge in [0.25, 0.3) is 5.91 Å². The second-order valence-electron chi connectivity index (χ2n) is 6.06. The summed E-state index contributed by atoms with van der Waals surface area (Å²) in [6.07, 6.45) is 3.19. The summed E-state index contributed by atoms with van der Waals surface area (Å²) in [7, 11) is 0. The maximum Gasteiger partial charge on any atom is 0.276 e. The van der Waals surface area contributed by atoms with Crippen LogP contribution in [0.1, 0.15) is 60.8 Å². The van der Waals surface area contributed by atoms with E-state index in [0.717, 1.165) is 30.6 Å². The van der Waals surface area contributed by atoms with E-state index < -0.39 is 0 Å². The number of carbonyl (C=O) groups is 1. The van der Waals surface area contributed by atoms with Crippen LogP contribution in [0.15, 0.2) is 40.9 Å². The molecule has 22 heavy (non-hydrogen) atoms. The number of benzene rings is 1. The number of rotatable bonds is 6. The quantitative estimate of drug-likeness (QED) is 0.810. The molecule has 1 aromatic heterocycles. The minimum Gasteiger partial charge on any atom is -0.360 e. The number of hydrogen-bond donors (Lipinski definition) is 0. The number of aromatic nitrogens is 1. The van der Waals surface area contributed by atoms with Gasteiger partial charge < -0.3 is 9.42 Å². The zero-order valence-corrected chi connectivity index (χ0v) is 13.2. The van der Waals surface area contributed by atoms with Crippen molar-refractivity contribution in [3.63, 3.8) is 0 Å². The van der Waals surface area contributed by atoms with Gasteiger partial charge in [-0.3, -0.25) is 4.79 Å². The third kappa shape index (κ3) is 3.21. The van der Waals surface area contributed by atoms with Crippen molar-refractivity contribution in [2.45, 2.75) is 51.6 Å². The summed E-state index contributed by atoms with van der Waals surface area (Å²) in [5, 5.41) is 3.99. The average Bonchev–Trinajstić information content (AvgIpc) is 3.29. The zero-order valence-electron chi connectivity index (χ0n) is 13.2. The lowest BCUT2D eigenvalue weighted by Gasteiger charge is -2.28. The van der Waals surface area contributed by atoms with Crippen molar-refractivity contribution in [2.75, 3.05) is 0 Å². The Morgan fingerprint density at radius 3 is 2.73 bits per heavy atom. The van der Waals surface area contributed by atoms with Gasteiger partial charge in [0.1, 0.15) is 5.76 Å². The summed E-state index contributed by atoms with van der Waals surface area (Å²) >= 11 is 0. The highest BCUT2D eigenvalue weighted by Gasteiger charge is 2.30. The molecule has 0 saturated heterocycles. The maximum absolute atomic E-state index is 12.8. The third-order valence-corrected chi connectivity index (χ3v) is 4.31. The van der Waals surface area contributed by atoms with Crippen molar-refractivity contribution in [3.8, 4) is 0 Å². The van der Waals surface area contributed by atoms with Gasteiger partial charge in [-0.25, -0.2) is 0 Å². The van der Waals surface area contributed by atoms with Gasteiger partial charge in [0, 0.05) is 24.6 Å². The molecule has 1 amide bonds. The molecule has 1 saturated carbocycles. The fraction of sp³-hybridized carbons (Fsp3) is 0.444. The number of hydrogen-bond acceptors (Lipinski definition) is 3. The summed E-state index contributed by atoms with van der Waals surface area (Å²) in [4.78, 5) is 14.7. The van der Waals surface area contributed by atoms with Crippen molar-refractivity contribution in [3.05, 3.63) is 53.4 Å². The van der Waals surface area contributed by atoms with Gasteiger partial charge in [-0.2, -0.15) is 0 Å². The fourth-order valence-corrected chi connectivity index (χ4v) is 2.53. The van der Waals surface area contributed by atoms with Gasteiger partial charge in [0.05, 0.1) is 0 Å². The van der Waals surface area contributed by atoms with Crippen molar-refractivity contribution in [2.24, 2.45) is 0 Å². The predicted molar refractivity (Wildman–Crippen MR) is 84.5 cm³/mol. The van der Waals surface area contributed by atoms with Crippen molar-refractivity contribution in [1.82, 2.24) is 10.1 Å². The molecule has 0 aliphatic heterocycles. The van der Waals surface area contributed by atoms with Crippen LogP contribution in [0.2, 0.25) is 0 Å². The second kappa shape index (κ2) is 6.34. The Bertz CT molecular complexity index is 632. The van der Waals surface area contributed by atoms with E-state index in [0.29, 0.717) is 18.2 Å². The zero-order chi connectivity index (χ0) is 15.5. The molecule has 3 rings (SSSR count). The molecule has 1 aromatic carbocycles. The summed E-state index contributed by atoms with van der Waals surface area (Å²) in [6, 6.07) is 12.0. The van der Waals surface area contributed by atoms with Crippen LogP contribution >= 0.6 is 0 Å². The van der Waals surface area contributed by atoms with Gasteiger partial charge in [-0.15, -0.1) is 0 Å². The van der Waals surface area contributed by atoms with Gasteiger partial charge >= 0.3 is 0 Å². The first kappa shape index (κ1) is 14.8. The molecule has 0 N–H and O–H groups in total. The summed E-state index contributed by atoms with van der Waals surface area (Å²) < 4.78 is 5.33. The van der Waals surface area contributed by atoms with Crippen LogP contribution in [-0.4, -0.2) is 22.0 Å². The van der Waals surface area contributed by atoms with Crippen LogP contribution in [0.4, 0.5) is 0 Å². The molecule has 116 valence electrons. The first-order valence-corrected chi connectivity index (χ1v) is 8.00. The molecular formula is C18H22N2O2. The van der Waals surface area contributed by atoms with Gasteiger partial charge in [0.2, 0.25) is 0 Å². The average molecular weight is 298 g/mol. The Morgan fingerprint density at radius 1 is 1.36 bits per heavy atom. The highest BCUT2D eigenvalue weighted by molar-refractivity contribution is 5.92. The van der Waals surface area contributed by atoms with E-state index in [1.54, 1.807) is 0 Å². The van der Waals surface area contributed by atoms with Crippen LogP contribution in [0.3, 0.4) is 0 Å². The van der Waals surface area contributed by atoms with Crippen molar-refractivity contribution < 1.29 is 9.32 Å². The standard InChI is InChI=1S/C18H22N2O2/c1-3-13(2)20(12-14-7-5-4-6-8-14)18(21)16-11-17(22-19-16)15-9-10-15/h4-8,11,13,15H,3,9-10,12H2,1-2H3. The Morgan fingerprint density at radius 2 is 2.09 bits per heavy atom. The summed E-state index contributed by atoms with van der Waals surface area (Å²) in [6.45, 7) is 4.76. The molecule has 1 aliphatic rings. The largest absolute Gasteiger partial charge is 0.360 e. The van der Waals surface area contributed by atoms with E-state index in [-0.39, 0.29) is 11.9 Å². The minimum atomic E-state index is -0.0474. The smallest absolute Gasteiger partial charge is 0.276 e. The van der Waals surface area contributed by atoms with Gasteiger partial charge in [0.15, 0.2) is 5.69 Å². The monoisotopic (exact) mass is 298 g/mol.